The molecule has 0 aliphatic carbocycles. The Hall–Kier alpha value is -1.65. The van der Waals surface area contributed by atoms with Crippen molar-refractivity contribution in [3.05, 3.63) is 17.6 Å². The SMILES string of the molecule is CCN(c1cnc(C)c(C)n1)C(C)CC(=O)O. The molecule has 1 aromatic heterocycles. The zero-order valence-corrected chi connectivity index (χ0v) is 10.8. The van der Waals surface area contributed by atoms with Gasteiger partial charge in [0.05, 0.1) is 24.0 Å². The van der Waals surface area contributed by atoms with Crippen LogP contribution in [0, 0.1) is 13.8 Å². The minimum Gasteiger partial charge on any atom is -0.481 e. The summed E-state index contributed by atoms with van der Waals surface area (Å²) in [7, 11) is 0. The summed E-state index contributed by atoms with van der Waals surface area (Å²) in [6.45, 7) is 8.39. The van der Waals surface area contributed by atoms with E-state index in [1.165, 1.54) is 0 Å². The van der Waals surface area contributed by atoms with Gasteiger partial charge in [-0.25, -0.2) is 4.98 Å². The second-order valence-corrected chi connectivity index (χ2v) is 4.13. The van der Waals surface area contributed by atoms with Gasteiger partial charge in [0.15, 0.2) is 0 Å². The summed E-state index contributed by atoms with van der Waals surface area (Å²) in [5.74, 6) is -0.0582. The molecule has 0 bridgehead atoms. The lowest BCUT2D eigenvalue weighted by molar-refractivity contribution is -0.137. The minimum absolute atomic E-state index is 0.0890. The van der Waals surface area contributed by atoms with Crippen LogP contribution >= 0.6 is 0 Å². The van der Waals surface area contributed by atoms with E-state index < -0.39 is 5.97 Å². The zero-order valence-electron chi connectivity index (χ0n) is 10.8. The molecule has 17 heavy (non-hydrogen) atoms. The fourth-order valence-electron chi connectivity index (χ4n) is 1.73. The van der Waals surface area contributed by atoms with E-state index in [9.17, 15) is 4.79 Å². The van der Waals surface area contributed by atoms with E-state index in [-0.39, 0.29) is 12.5 Å². The van der Waals surface area contributed by atoms with Crippen LogP contribution in [0.5, 0.6) is 0 Å². The van der Waals surface area contributed by atoms with Gasteiger partial charge in [-0.1, -0.05) is 0 Å². The first-order valence-corrected chi connectivity index (χ1v) is 5.74. The van der Waals surface area contributed by atoms with Gasteiger partial charge >= 0.3 is 5.97 Å². The van der Waals surface area contributed by atoms with Crippen molar-refractivity contribution in [1.82, 2.24) is 9.97 Å². The molecule has 1 aromatic rings. The topological polar surface area (TPSA) is 66.3 Å². The molecule has 0 aliphatic rings. The number of anilines is 1. The second-order valence-electron chi connectivity index (χ2n) is 4.13. The number of carbonyl (C=O) groups is 1. The summed E-state index contributed by atoms with van der Waals surface area (Å²) >= 11 is 0. The largest absolute Gasteiger partial charge is 0.481 e. The Morgan fingerprint density at radius 3 is 2.59 bits per heavy atom. The van der Waals surface area contributed by atoms with E-state index in [2.05, 4.69) is 9.97 Å². The number of hydrogen-bond donors (Lipinski definition) is 1. The van der Waals surface area contributed by atoms with Crippen molar-refractivity contribution in [3.63, 3.8) is 0 Å². The molecule has 94 valence electrons. The van der Waals surface area contributed by atoms with Gasteiger partial charge in [-0.15, -0.1) is 0 Å². The lowest BCUT2D eigenvalue weighted by Gasteiger charge is -2.28. The maximum Gasteiger partial charge on any atom is 0.305 e. The zero-order chi connectivity index (χ0) is 13.0. The number of carboxylic acids is 1. The van der Waals surface area contributed by atoms with Gasteiger partial charge < -0.3 is 10.0 Å². The van der Waals surface area contributed by atoms with Gasteiger partial charge in [0.1, 0.15) is 5.82 Å². The summed E-state index contributed by atoms with van der Waals surface area (Å²) in [6.07, 6.45) is 1.80. The molecule has 0 radical (unpaired) electrons. The highest BCUT2D eigenvalue weighted by Gasteiger charge is 2.17. The summed E-state index contributed by atoms with van der Waals surface area (Å²) < 4.78 is 0. The monoisotopic (exact) mass is 237 g/mol. The molecular weight excluding hydrogens is 218 g/mol. The van der Waals surface area contributed by atoms with Crippen LogP contribution in [0.15, 0.2) is 6.20 Å². The second kappa shape index (κ2) is 5.61. The van der Waals surface area contributed by atoms with Crippen LogP contribution in [-0.4, -0.2) is 33.6 Å². The third-order valence-corrected chi connectivity index (χ3v) is 2.82. The van der Waals surface area contributed by atoms with Crippen molar-refractivity contribution in [2.24, 2.45) is 0 Å². The molecule has 0 aliphatic heterocycles. The van der Waals surface area contributed by atoms with Crippen LogP contribution in [-0.2, 0) is 4.79 Å². The summed E-state index contributed by atoms with van der Waals surface area (Å²) in [6, 6.07) is -0.0890. The quantitative estimate of drug-likeness (QED) is 0.845. The van der Waals surface area contributed by atoms with E-state index in [1.54, 1.807) is 6.20 Å². The van der Waals surface area contributed by atoms with E-state index >= 15 is 0 Å². The molecular formula is C12H19N3O2. The fourth-order valence-corrected chi connectivity index (χ4v) is 1.73. The maximum atomic E-state index is 10.7. The Bertz CT molecular complexity index is 407. The molecule has 5 heteroatoms. The van der Waals surface area contributed by atoms with E-state index in [4.69, 9.17) is 5.11 Å². The van der Waals surface area contributed by atoms with Gasteiger partial charge in [0.25, 0.3) is 0 Å². The van der Waals surface area contributed by atoms with Gasteiger partial charge in [0, 0.05) is 12.6 Å². The lowest BCUT2D eigenvalue weighted by Crippen LogP contribution is -2.35. The average Bonchev–Trinajstić information content (AvgIpc) is 2.23. The molecule has 1 N–H and O–H groups in total. The average molecular weight is 237 g/mol. The Balaban J connectivity index is 2.92. The summed E-state index contributed by atoms with van der Waals surface area (Å²) in [5.41, 5.74) is 1.78. The molecule has 0 amide bonds. The summed E-state index contributed by atoms with van der Waals surface area (Å²) in [5, 5.41) is 8.81. The lowest BCUT2D eigenvalue weighted by atomic mass is 10.2. The van der Waals surface area contributed by atoms with Crippen LogP contribution in [0.4, 0.5) is 5.82 Å². The molecule has 5 nitrogen and oxygen atoms in total. The summed E-state index contributed by atoms with van der Waals surface area (Å²) in [4.78, 5) is 21.4. The number of hydrogen-bond acceptors (Lipinski definition) is 4. The predicted octanol–water partition coefficient (Wildman–Crippen LogP) is 1.78. The molecule has 1 rings (SSSR count). The standard InChI is InChI=1S/C12H19N3O2/c1-5-15(8(2)6-12(16)17)11-7-13-9(3)10(4)14-11/h7-8H,5-6H2,1-4H3,(H,16,17). The van der Waals surface area contributed by atoms with Gasteiger partial charge in [-0.2, -0.15) is 0 Å². The Labute approximate surface area is 102 Å². The number of aryl methyl sites for hydroxylation is 2. The maximum absolute atomic E-state index is 10.7. The van der Waals surface area contributed by atoms with Gasteiger partial charge in [0.2, 0.25) is 0 Å². The number of rotatable bonds is 5. The van der Waals surface area contributed by atoms with Crippen molar-refractivity contribution >= 4 is 11.8 Å². The third-order valence-electron chi connectivity index (χ3n) is 2.82. The van der Waals surface area contributed by atoms with Gasteiger partial charge in [-0.3, -0.25) is 9.78 Å². The van der Waals surface area contributed by atoms with E-state index in [0.717, 1.165) is 17.2 Å². The first kappa shape index (κ1) is 13.4. The molecule has 0 spiro atoms. The van der Waals surface area contributed by atoms with Crippen LogP contribution in [0.1, 0.15) is 31.7 Å². The predicted molar refractivity (Wildman–Crippen MR) is 66.2 cm³/mol. The van der Waals surface area contributed by atoms with E-state index in [0.29, 0.717) is 6.54 Å². The van der Waals surface area contributed by atoms with Crippen molar-refractivity contribution < 1.29 is 9.90 Å². The van der Waals surface area contributed by atoms with Gasteiger partial charge in [-0.05, 0) is 27.7 Å². The minimum atomic E-state index is -0.798. The molecule has 0 aromatic carbocycles. The highest BCUT2D eigenvalue weighted by molar-refractivity contribution is 5.68. The third kappa shape index (κ3) is 3.41. The fraction of sp³-hybridized carbons (Fsp3) is 0.583. The van der Waals surface area contributed by atoms with Crippen molar-refractivity contribution in [3.8, 4) is 0 Å². The van der Waals surface area contributed by atoms with Crippen LogP contribution < -0.4 is 4.90 Å². The van der Waals surface area contributed by atoms with Crippen LogP contribution in [0.3, 0.4) is 0 Å². The first-order valence-electron chi connectivity index (χ1n) is 5.74. The highest BCUT2D eigenvalue weighted by atomic mass is 16.4. The number of carboxylic acid groups (broad SMARTS) is 1. The molecule has 0 saturated carbocycles. The highest BCUT2D eigenvalue weighted by Crippen LogP contribution is 2.16. The van der Waals surface area contributed by atoms with Crippen molar-refractivity contribution in [2.75, 3.05) is 11.4 Å². The number of aromatic nitrogens is 2. The first-order chi connectivity index (χ1) is 7.95. The van der Waals surface area contributed by atoms with Crippen molar-refractivity contribution in [2.45, 2.75) is 40.2 Å². The Morgan fingerprint density at radius 1 is 1.47 bits per heavy atom. The Morgan fingerprint density at radius 2 is 2.12 bits per heavy atom. The van der Waals surface area contributed by atoms with E-state index in [1.807, 2.05) is 32.6 Å². The van der Waals surface area contributed by atoms with Crippen molar-refractivity contribution in [1.29, 1.82) is 0 Å². The van der Waals surface area contributed by atoms with Crippen LogP contribution in [0.2, 0.25) is 0 Å². The number of nitrogens with zero attached hydrogens (tertiary/aromatic N) is 3. The Kier molecular flexibility index (Phi) is 4.43. The smallest absolute Gasteiger partial charge is 0.305 e. The van der Waals surface area contributed by atoms with Crippen LogP contribution in [0.25, 0.3) is 0 Å². The molecule has 0 fully saturated rings. The molecule has 1 unspecified atom stereocenters. The molecule has 1 heterocycles. The molecule has 1 atom stereocenters. The molecule has 0 saturated heterocycles. The normalized spacial score (nSPS) is 12.2. The number of aliphatic carboxylic acids is 1.